The molecule has 0 aliphatic carbocycles. The summed E-state index contributed by atoms with van der Waals surface area (Å²) in [6.07, 6.45) is 2.02. The average molecular weight is 371 g/mol. The summed E-state index contributed by atoms with van der Waals surface area (Å²) in [6, 6.07) is 12.6. The van der Waals surface area contributed by atoms with E-state index in [1.54, 1.807) is 7.11 Å². The summed E-state index contributed by atoms with van der Waals surface area (Å²) in [5, 5.41) is 5.84. The van der Waals surface area contributed by atoms with Crippen LogP contribution in [0.2, 0.25) is 0 Å². The third kappa shape index (κ3) is 5.52. The Hall–Kier alpha value is -2.93. The number of guanidine groups is 1. The third-order valence-electron chi connectivity index (χ3n) is 4.17. The zero-order valence-corrected chi connectivity index (χ0v) is 15.1. The predicted octanol–water partition coefficient (Wildman–Crippen LogP) is 3.21. The highest BCUT2D eigenvalue weighted by Gasteiger charge is 2.16. The second kappa shape index (κ2) is 9.14. The Balaban J connectivity index is 1.72. The lowest BCUT2D eigenvalue weighted by atomic mass is 10.2. The van der Waals surface area contributed by atoms with Gasteiger partial charge in [-0.05, 0) is 61.4 Å². The Morgan fingerprint density at radius 1 is 1.22 bits per heavy atom. The second-order valence-corrected chi connectivity index (χ2v) is 6.14. The number of hydrogen-bond acceptors (Lipinski definition) is 4. The van der Waals surface area contributed by atoms with Gasteiger partial charge in [-0.1, -0.05) is 0 Å². The van der Waals surface area contributed by atoms with Crippen LogP contribution < -0.4 is 15.4 Å². The Labute approximate surface area is 157 Å². The fourth-order valence-corrected chi connectivity index (χ4v) is 2.68. The molecule has 0 aromatic heterocycles. The molecule has 1 fully saturated rings. The third-order valence-corrected chi connectivity index (χ3v) is 4.17. The van der Waals surface area contributed by atoms with Gasteiger partial charge in [-0.25, -0.2) is 9.38 Å². The van der Waals surface area contributed by atoms with Crippen LogP contribution in [0.15, 0.2) is 53.5 Å². The van der Waals surface area contributed by atoms with Gasteiger partial charge < -0.3 is 14.8 Å². The minimum atomic E-state index is -0.393. The monoisotopic (exact) mass is 371 g/mol. The normalized spacial score (nSPS) is 16.8. The standard InChI is InChI=1S/C20H22FN3O3/c1-26-17-10-8-16(9-11-17)23-20(22-13-18-3-2-12-27-18)24-19(25)14-4-6-15(21)7-5-14/h4-11,18H,2-3,12-13H2,1H3,(H2,22,23,24,25). The quantitative estimate of drug-likeness (QED) is 0.625. The van der Waals surface area contributed by atoms with E-state index in [4.69, 9.17) is 9.47 Å². The molecular weight excluding hydrogens is 349 g/mol. The number of ether oxygens (including phenoxy) is 2. The lowest BCUT2D eigenvalue weighted by molar-refractivity contribution is 0.0975. The van der Waals surface area contributed by atoms with Gasteiger partial charge >= 0.3 is 0 Å². The number of nitrogens with zero attached hydrogens (tertiary/aromatic N) is 1. The molecule has 1 aliphatic heterocycles. The van der Waals surface area contributed by atoms with Crippen LogP contribution in [0.3, 0.4) is 0 Å². The first-order valence-corrected chi connectivity index (χ1v) is 8.78. The van der Waals surface area contributed by atoms with Gasteiger partial charge in [-0.3, -0.25) is 10.1 Å². The molecule has 0 saturated carbocycles. The van der Waals surface area contributed by atoms with Crippen molar-refractivity contribution in [1.82, 2.24) is 5.32 Å². The second-order valence-electron chi connectivity index (χ2n) is 6.14. The largest absolute Gasteiger partial charge is 0.497 e. The first-order valence-electron chi connectivity index (χ1n) is 8.78. The number of benzene rings is 2. The van der Waals surface area contributed by atoms with E-state index < -0.39 is 5.82 Å². The van der Waals surface area contributed by atoms with Crippen LogP contribution in [0.4, 0.5) is 10.1 Å². The van der Waals surface area contributed by atoms with E-state index in [2.05, 4.69) is 15.6 Å². The average Bonchev–Trinajstić information content (AvgIpc) is 3.21. The number of carbonyl (C=O) groups is 1. The molecule has 0 spiro atoms. The lowest BCUT2D eigenvalue weighted by Crippen LogP contribution is -2.36. The van der Waals surface area contributed by atoms with Crippen LogP contribution in [0.5, 0.6) is 5.75 Å². The van der Waals surface area contributed by atoms with E-state index in [9.17, 15) is 9.18 Å². The molecular formula is C20H22FN3O3. The number of methoxy groups -OCH3 is 1. The molecule has 27 heavy (non-hydrogen) atoms. The van der Waals surface area contributed by atoms with Crippen LogP contribution in [-0.2, 0) is 4.74 Å². The molecule has 2 N–H and O–H groups in total. The number of halogens is 1. The number of nitrogens with one attached hydrogen (secondary N) is 2. The van der Waals surface area contributed by atoms with Crippen molar-refractivity contribution < 1.29 is 18.7 Å². The van der Waals surface area contributed by atoms with Crippen molar-refractivity contribution >= 4 is 17.6 Å². The molecule has 142 valence electrons. The molecule has 1 unspecified atom stereocenters. The highest BCUT2D eigenvalue weighted by molar-refractivity contribution is 6.09. The SMILES string of the molecule is COc1ccc(NC(=NCC2CCCO2)NC(=O)c2ccc(F)cc2)cc1. The summed E-state index contributed by atoms with van der Waals surface area (Å²) in [5.74, 6) is 0.274. The molecule has 1 saturated heterocycles. The fourth-order valence-electron chi connectivity index (χ4n) is 2.68. The van der Waals surface area contributed by atoms with Crippen molar-refractivity contribution in [2.24, 2.45) is 4.99 Å². The summed E-state index contributed by atoms with van der Waals surface area (Å²) >= 11 is 0. The van der Waals surface area contributed by atoms with Gasteiger partial charge in [0.1, 0.15) is 11.6 Å². The fraction of sp³-hybridized carbons (Fsp3) is 0.300. The summed E-state index contributed by atoms with van der Waals surface area (Å²) in [6.45, 7) is 1.19. The van der Waals surface area contributed by atoms with E-state index in [0.29, 0.717) is 18.1 Å². The molecule has 1 atom stereocenters. The van der Waals surface area contributed by atoms with Crippen LogP contribution >= 0.6 is 0 Å². The molecule has 1 amide bonds. The van der Waals surface area contributed by atoms with Crippen LogP contribution in [0.25, 0.3) is 0 Å². The highest BCUT2D eigenvalue weighted by Crippen LogP contribution is 2.16. The summed E-state index contributed by atoms with van der Waals surface area (Å²) in [4.78, 5) is 16.9. The van der Waals surface area contributed by atoms with Crippen LogP contribution in [-0.4, -0.2) is 38.2 Å². The summed E-state index contributed by atoms with van der Waals surface area (Å²) < 4.78 is 23.8. The van der Waals surface area contributed by atoms with E-state index in [1.807, 2.05) is 24.3 Å². The Morgan fingerprint density at radius 2 is 1.96 bits per heavy atom. The minimum Gasteiger partial charge on any atom is -0.497 e. The van der Waals surface area contributed by atoms with E-state index >= 15 is 0 Å². The number of amides is 1. The van der Waals surface area contributed by atoms with Gasteiger partial charge in [0.2, 0.25) is 5.96 Å². The zero-order chi connectivity index (χ0) is 19.1. The molecule has 6 nitrogen and oxygen atoms in total. The van der Waals surface area contributed by atoms with Gasteiger partial charge in [-0.15, -0.1) is 0 Å². The van der Waals surface area contributed by atoms with Crippen molar-refractivity contribution in [1.29, 1.82) is 0 Å². The Kier molecular flexibility index (Phi) is 6.38. The Morgan fingerprint density at radius 3 is 2.59 bits per heavy atom. The van der Waals surface area contributed by atoms with Gasteiger partial charge in [0.15, 0.2) is 0 Å². The van der Waals surface area contributed by atoms with Crippen LogP contribution in [0.1, 0.15) is 23.2 Å². The number of rotatable bonds is 5. The Bertz CT molecular complexity index is 785. The van der Waals surface area contributed by atoms with Crippen molar-refractivity contribution in [3.63, 3.8) is 0 Å². The molecule has 2 aromatic carbocycles. The lowest BCUT2D eigenvalue weighted by Gasteiger charge is -2.13. The van der Waals surface area contributed by atoms with E-state index in [-0.39, 0.29) is 12.0 Å². The summed E-state index contributed by atoms with van der Waals surface area (Å²) in [7, 11) is 1.60. The maximum absolute atomic E-state index is 13.1. The number of aliphatic imine (C=N–C) groups is 1. The first kappa shape index (κ1) is 18.8. The number of carbonyl (C=O) groups excluding carboxylic acids is 1. The van der Waals surface area contributed by atoms with Crippen molar-refractivity contribution in [3.8, 4) is 5.75 Å². The number of hydrogen-bond donors (Lipinski definition) is 2. The predicted molar refractivity (Wildman–Crippen MR) is 102 cm³/mol. The number of anilines is 1. The van der Waals surface area contributed by atoms with E-state index in [1.165, 1.54) is 24.3 Å². The van der Waals surface area contributed by atoms with Crippen molar-refractivity contribution in [3.05, 3.63) is 59.9 Å². The van der Waals surface area contributed by atoms with Gasteiger partial charge in [0.05, 0.1) is 19.8 Å². The molecule has 2 aromatic rings. The molecule has 3 rings (SSSR count). The minimum absolute atomic E-state index is 0.0559. The molecule has 0 radical (unpaired) electrons. The molecule has 1 heterocycles. The highest BCUT2D eigenvalue weighted by atomic mass is 19.1. The molecule has 0 bridgehead atoms. The van der Waals surface area contributed by atoms with Crippen molar-refractivity contribution in [2.75, 3.05) is 25.6 Å². The van der Waals surface area contributed by atoms with Gasteiger partial charge in [0, 0.05) is 17.9 Å². The molecule has 7 heteroatoms. The maximum Gasteiger partial charge on any atom is 0.257 e. The first-order chi connectivity index (χ1) is 13.1. The topological polar surface area (TPSA) is 71.9 Å². The smallest absolute Gasteiger partial charge is 0.257 e. The summed E-state index contributed by atoms with van der Waals surface area (Å²) in [5.41, 5.74) is 1.10. The molecule has 1 aliphatic rings. The maximum atomic E-state index is 13.1. The zero-order valence-electron chi connectivity index (χ0n) is 15.1. The van der Waals surface area contributed by atoms with E-state index in [0.717, 1.165) is 30.9 Å². The van der Waals surface area contributed by atoms with Crippen LogP contribution in [0, 0.1) is 5.82 Å². The van der Waals surface area contributed by atoms with Gasteiger partial charge in [-0.2, -0.15) is 0 Å². The van der Waals surface area contributed by atoms with Gasteiger partial charge in [0.25, 0.3) is 5.91 Å². The van der Waals surface area contributed by atoms with Crippen molar-refractivity contribution in [2.45, 2.75) is 18.9 Å².